The van der Waals surface area contributed by atoms with Crippen molar-refractivity contribution in [3.05, 3.63) is 0 Å². The normalized spacial score (nSPS) is 15.1. The summed E-state index contributed by atoms with van der Waals surface area (Å²) >= 11 is 4.32. The first-order chi connectivity index (χ1) is 8.67. The zero-order chi connectivity index (χ0) is 16.7. The van der Waals surface area contributed by atoms with Gasteiger partial charge in [-0.2, -0.15) is 43.9 Å². The molecule has 0 spiro atoms. The van der Waals surface area contributed by atoms with Crippen molar-refractivity contribution in [1.29, 1.82) is 0 Å². The maximum absolute atomic E-state index is 11.3. The highest BCUT2D eigenvalue weighted by Crippen LogP contribution is 2.27. The van der Waals surface area contributed by atoms with Crippen LogP contribution in [-0.2, 0) is 9.47 Å². The highest BCUT2D eigenvalue weighted by Gasteiger charge is 2.43. The molecule has 0 amide bonds. The van der Waals surface area contributed by atoms with Crippen molar-refractivity contribution in [2.75, 3.05) is 0 Å². The Bertz CT molecular complexity index is 227. The molecule has 0 heterocycles. The second-order valence-electron chi connectivity index (χ2n) is 2.51. The van der Waals surface area contributed by atoms with Gasteiger partial charge in [-0.3, -0.25) is 14.2 Å². The van der Waals surface area contributed by atoms with Crippen LogP contribution < -0.4 is 0 Å². The van der Waals surface area contributed by atoms with Crippen LogP contribution in [0.25, 0.3) is 0 Å². The molecule has 2 nitrogen and oxygen atoms in total. The van der Waals surface area contributed by atoms with E-state index < -0.39 is 37.5 Å². The van der Waals surface area contributed by atoms with Crippen LogP contribution in [0.15, 0.2) is 0 Å². The van der Waals surface area contributed by atoms with Crippen LogP contribution >= 0.6 is 11.6 Å². The lowest BCUT2D eigenvalue weighted by molar-refractivity contribution is -0.312. The van der Waals surface area contributed by atoms with E-state index in [4.69, 9.17) is 0 Å². The third-order valence-electron chi connectivity index (χ3n) is 0.959. The molecule has 0 aromatic heterocycles. The van der Waals surface area contributed by atoms with E-state index in [2.05, 4.69) is 21.1 Å². The Hall–Kier alpha value is -0.630. The Morgan fingerprint density at radius 2 is 1.00 bits per heavy atom. The number of alkyl halides is 12. The van der Waals surface area contributed by atoms with Crippen molar-refractivity contribution >= 4 is 11.6 Å². The molecule has 0 aromatic rings. The Labute approximate surface area is 113 Å². The molecule has 2 atom stereocenters. The lowest BCUT2D eigenvalue weighted by atomic mass is 10.7. The molecule has 0 bridgehead atoms. The zero-order valence-electron chi connectivity index (χ0n) is 9.07. The van der Waals surface area contributed by atoms with Gasteiger partial charge in [-0.05, 0) is 0 Å². The van der Waals surface area contributed by atoms with E-state index in [0.717, 1.165) is 0 Å². The molecule has 0 aromatic carbocycles. The highest BCUT2D eigenvalue weighted by atomic mass is 35.5. The van der Waals surface area contributed by atoms with Crippen LogP contribution in [-0.4, -0.2) is 37.5 Å². The van der Waals surface area contributed by atoms with E-state index in [1.165, 1.54) is 0 Å². The molecular weight excluding hydrogens is 367 g/mol. The standard InChI is InChI=1S/C3H2ClF5O.C3H2F6O.FH/c2*4-1(3(7,8)9)10-2(5)6;/h2*1-2H;1H. The molecule has 0 saturated carbocycles. The third-order valence-corrected chi connectivity index (χ3v) is 1.31. The number of halogens is 13. The van der Waals surface area contributed by atoms with Crippen molar-refractivity contribution in [2.45, 2.75) is 37.5 Å². The molecule has 21 heavy (non-hydrogen) atoms. The van der Waals surface area contributed by atoms with Gasteiger partial charge in [0.1, 0.15) is 0 Å². The number of rotatable bonds is 4. The van der Waals surface area contributed by atoms with Gasteiger partial charge in [0, 0.05) is 0 Å². The minimum absolute atomic E-state index is 0. The maximum atomic E-state index is 11.3. The Kier molecular flexibility index (Phi) is 12.3. The lowest BCUT2D eigenvalue weighted by Crippen LogP contribution is -2.28. The SMILES string of the molecule is F.FC(F)OC(Cl)C(F)(F)F.FC(F)OC(F)C(F)(F)F. The first-order valence-electron chi connectivity index (χ1n) is 3.96. The monoisotopic (exact) mass is 372 g/mol. The smallest absolute Gasteiger partial charge is 0.294 e. The van der Waals surface area contributed by atoms with Crippen molar-refractivity contribution in [3.63, 3.8) is 0 Å². The van der Waals surface area contributed by atoms with Gasteiger partial charge < -0.3 is 0 Å². The second-order valence-corrected chi connectivity index (χ2v) is 2.91. The number of hydrogen-bond acceptors (Lipinski definition) is 2. The summed E-state index contributed by atoms with van der Waals surface area (Å²) in [5.41, 5.74) is -2.94. The number of hydrogen-bond donors (Lipinski definition) is 0. The molecule has 0 N–H and O–H groups in total. The molecule has 0 fully saturated rings. The van der Waals surface area contributed by atoms with Crippen molar-refractivity contribution in [1.82, 2.24) is 0 Å². The predicted molar refractivity (Wildman–Crippen MR) is 43.3 cm³/mol. The summed E-state index contributed by atoms with van der Waals surface area (Å²) in [5.74, 6) is 0. The molecule has 0 saturated heterocycles. The van der Waals surface area contributed by atoms with E-state index in [0.29, 0.717) is 0 Å². The summed E-state index contributed by atoms with van der Waals surface area (Å²) in [6.45, 7) is -7.26. The quantitative estimate of drug-likeness (QED) is 0.531. The third kappa shape index (κ3) is 15.6. The van der Waals surface area contributed by atoms with Gasteiger partial charge >= 0.3 is 25.6 Å². The van der Waals surface area contributed by atoms with Gasteiger partial charge in [-0.15, -0.1) is 0 Å². The topological polar surface area (TPSA) is 18.5 Å². The van der Waals surface area contributed by atoms with Crippen LogP contribution in [0.2, 0.25) is 0 Å². The van der Waals surface area contributed by atoms with Crippen molar-refractivity contribution < 1.29 is 62.5 Å². The fraction of sp³-hybridized carbons (Fsp3) is 1.00. The van der Waals surface area contributed by atoms with Crippen LogP contribution in [0.3, 0.4) is 0 Å². The minimum Gasteiger partial charge on any atom is -0.294 e. The summed E-state index contributed by atoms with van der Waals surface area (Å²) < 4.78 is 127. The van der Waals surface area contributed by atoms with Gasteiger partial charge in [-0.1, -0.05) is 11.6 Å². The van der Waals surface area contributed by atoms with Gasteiger partial charge in [0.2, 0.25) is 5.56 Å². The van der Waals surface area contributed by atoms with Crippen LogP contribution in [0, 0.1) is 0 Å². The average Bonchev–Trinajstić information content (AvgIpc) is 2.13. The second kappa shape index (κ2) is 10.2. The molecule has 0 rings (SSSR count). The van der Waals surface area contributed by atoms with E-state index >= 15 is 0 Å². The van der Waals surface area contributed by atoms with Crippen molar-refractivity contribution in [2.24, 2.45) is 0 Å². The molecular formula is C6H5ClF12O2. The van der Waals surface area contributed by atoms with E-state index in [9.17, 15) is 48.3 Å². The van der Waals surface area contributed by atoms with Crippen LogP contribution in [0.5, 0.6) is 0 Å². The van der Waals surface area contributed by atoms with Gasteiger partial charge in [0.05, 0.1) is 0 Å². The van der Waals surface area contributed by atoms with Gasteiger partial charge in [-0.25, -0.2) is 4.39 Å². The van der Waals surface area contributed by atoms with E-state index in [-0.39, 0.29) is 4.70 Å². The highest BCUT2D eigenvalue weighted by molar-refractivity contribution is 6.20. The zero-order valence-corrected chi connectivity index (χ0v) is 9.83. The average molecular weight is 373 g/mol. The molecule has 0 aliphatic carbocycles. The number of ether oxygens (including phenoxy) is 2. The van der Waals surface area contributed by atoms with E-state index in [1.807, 2.05) is 0 Å². The summed E-state index contributed by atoms with van der Waals surface area (Å²) in [6, 6.07) is 0. The fourth-order valence-corrected chi connectivity index (χ4v) is 0.413. The predicted octanol–water partition coefficient (Wildman–Crippen LogP) is 4.59. The fourth-order valence-electron chi connectivity index (χ4n) is 0.335. The molecule has 0 aliphatic heterocycles. The maximum Gasteiger partial charge on any atom is 0.445 e. The Balaban J connectivity index is -0.000000295. The van der Waals surface area contributed by atoms with Crippen LogP contribution in [0.4, 0.5) is 53.0 Å². The molecule has 0 radical (unpaired) electrons. The largest absolute Gasteiger partial charge is 0.445 e. The summed E-state index contributed by atoms with van der Waals surface area (Å²) in [6.07, 6.45) is -14.2. The molecule has 0 aliphatic rings. The minimum atomic E-state index is -5.38. The Morgan fingerprint density at radius 3 is 1.10 bits per heavy atom. The summed E-state index contributed by atoms with van der Waals surface area (Å²) in [4.78, 5) is 0. The molecule has 132 valence electrons. The summed E-state index contributed by atoms with van der Waals surface area (Å²) in [5, 5.41) is 0. The summed E-state index contributed by atoms with van der Waals surface area (Å²) in [7, 11) is 0. The Morgan fingerprint density at radius 1 is 0.667 bits per heavy atom. The van der Waals surface area contributed by atoms with E-state index in [1.54, 1.807) is 0 Å². The van der Waals surface area contributed by atoms with Gasteiger partial charge in [0.25, 0.3) is 6.36 Å². The van der Waals surface area contributed by atoms with Gasteiger partial charge in [0.15, 0.2) is 0 Å². The van der Waals surface area contributed by atoms with Crippen LogP contribution in [0.1, 0.15) is 0 Å². The van der Waals surface area contributed by atoms with Crippen molar-refractivity contribution in [3.8, 4) is 0 Å². The first-order valence-corrected chi connectivity index (χ1v) is 4.40. The molecule has 15 heteroatoms. The molecule has 2 unspecified atom stereocenters. The lowest BCUT2D eigenvalue weighted by Gasteiger charge is -2.12. The first kappa shape index (κ1) is 25.3.